The Balaban J connectivity index is 2.46. The monoisotopic (exact) mass is 310 g/mol. The van der Waals surface area contributed by atoms with E-state index in [9.17, 15) is 4.39 Å². The Hall–Kier alpha value is -1.82. The van der Waals surface area contributed by atoms with Crippen LogP contribution in [0.3, 0.4) is 0 Å². The second-order valence-electron chi connectivity index (χ2n) is 4.38. The van der Waals surface area contributed by atoms with Crippen molar-refractivity contribution in [3.8, 4) is 11.5 Å². The third-order valence-electron chi connectivity index (χ3n) is 3.18. The van der Waals surface area contributed by atoms with Gasteiger partial charge in [0.2, 0.25) is 0 Å². The summed E-state index contributed by atoms with van der Waals surface area (Å²) in [6, 6.07) is 9.42. The highest BCUT2D eigenvalue weighted by atomic mass is 35.5. The number of rotatable bonds is 5. The van der Waals surface area contributed by atoms with E-state index in [1.807, 2.05) is 0 Å². The minimum Gasteiger partial charge on any atom is -0.496 e. The van der Waals surface area contributed by atoms with Crippen LogP contribution in [-0.4, -0.2) is 14.2 Å². The molecular weight excluding hydrogens is 295 g/mol. The molecule has 0 aliphatic carbocycles. The van der Waals surface area contributed by atoms with Crippen molar-refractivity contribution >= 4 is 11.6 Å². The van der Waals surface area contributed by atoms with Gasteiger partial charge in [-0.2, -0.15) is 0 Å². The largest absolute Gasteiger partial charge is 0.496 e. The lowest BCUT2D eigenvalue weighted by atomic mass is 9.98. The lowest BCUT2D eigenvalue weighted by Gasteiger charge is -2.20. The van der Waals surface area contributed by atoms with E-state index in [4.69, 9.17) is 26.9 Å². The summed E-state index contributed by atoms with van der Waals surface area (Å²) in [5.74, 6) is 5.92. The van der Waals surface area contributed by atoms with Crippen LogP contribution in [0.4, 0.5) is 4.39 Å². The summed E-state index contributed by atoms with van der Waals surface area (Å²) < 4.78 is 24.1. The van der Waals surface area contributed by atoms with Gasteiger partial charge in [0.1, 0.15) is 5.75 Å². The van der Waals surface area contributed by atoms with E-state index in [0.29, 0.717) is 16.3 Å². The molecule has 2 aromatic rings. The lowest BCUT2D eigenvalue weighted by Crippen LogP contribution is -2.29. The molecule has 0 aliphatic rings. The molecule has 2 rings (SSSR count). The molecule has 0 aliphatic heterocycles. The molecule has 0 aromatic heterocycles. The number of ether oxygens (including phenoxy) is 2. The molecule has 4 nitrogen and oxygen atoms in total. The van der Waals surface area contributed by atoms with Crippen LogP contribution in [0, 0.1) is 5.82 Å². The van der Waals surface area contributed by atoms with Crippen molar-refractivity contribution in [1.82, 2.24) is 5.43 Å². The molecule has 0 saturated heterocycles. The summed E-state index contributed by atoms with van der Waals surface area (Å²) in [5, 5.41) is 0.548. The van der Waals surface area contributed by atoms with Gasteiger partial charge < -0.3 is 9.47 Å². The first-order valence-electron chi connectivity index (χ1n) is 6.23. The molecule has 0 saturated carbocycles. The predicted molar refractivity (Wildman–Crippen MR) is 80.1 cm³/mol. The molecular formula is C15H16ClFN2O2. The molecule has 3 N–H and O–H groups in total. The highest BCUT2D eigenvalue weighted by Gasteiger charge is 2.19. The summed E-state index contributed by atoms with van der Waals surface area (Å²) in [5.41, 5.74) is 4.07. The Kier molecular flexibility index (Phi) is 5.01. The molecule has 0 fully saturated rings. The molecule has 112 valence electrons. The van der Waals surface area contributed by atoms with Crippen molar-refractivity contribution < 1.29 is 13.9 Å². The molecule has 0 spiro atoms. The summed E-state index contributed by atoms with van der Waals surface area (Å²) in [6.07, 6.45) is 0. The Morgan fingerprint density at radius 1 is 1.10 bits per heavy atom. The van der Waals surface area contributed by atoms with Gasteiger partial charge in [0.05, 0.1) is 20.3 Å². The fourth-order valence-corrected chi connectivity index (χ4v) is 2.31. The molecule has 0 heterocycles. The van der Waals surface area contributed by atoms with Crippen molar-refractivity contribution in [3.05, 3.63) is 58.4 Å². The Labute approximate surface area is 127 Å². The summed E-state index contributed by atoms with van der Waals surface area (Å²) >= 11 is 5.95. The SMILES string of the molecule is COc1ccc(C(NN)c2ccc(Cl)cc2OC)cc1F. The Morgan fingerprint density at radius 3 is 2.38 bits per heavy atom. The number of nitrogens with two attached hydrogens (primary N) is 1. The molecule has 1 unspecified atom stereocenters. The van der Waals surface area contributed by atoms with Crippen LogP contribution in [-0.2, 0) is 0 Å². The number of benzene rings is 2. The number of methoxy groups -OCH3 is 2. The zero-order valence-corrected chi connectivity index (χ0v) is 12.4. The number of halogens is 2. The zero-order valence-electron chi connectivity index (χ0n) is 11.7. The smallest absolute Gasteiger partial charge is 0.165 e. The topological polar surface area (TPSA) is 56.5 Å². The second kappa shape index (κ2) is 6.76. The molecule has 2 aromatic carbocycles. The zero-order chi connectivity index (χ0) is 15.4. The fraction of sp³-hybridized carbons (Fsp3) is 0.200. The predicted octanol–water partition coefficient (Wildman–Crippen LogP) is 3.05. The number of hydrazine groups is 1. The standard InChI is InChI=1S/C15H16ClFN2O2/c1-20-13-6-3-9(7-12(13)17)15(19-18)11-5-4-10(16)8-14(11)21-2/h3-8,15,19H,18H2,1-2H3. The number of hydrogen-bond acceptors (Lipinski definition) is 4. The van der Waals surface area contributed by atoms with Crippen LogP contribution in [0.25, 0.3) is 0 Å². The average Bonchev–Trinajstić information content (AvgIpc) is 2.49. The average molecular weight is 311 g/mol. The van der Waals surface area contributed by atoms with Crippen LogP contribution in [0.15, 0.2) is 36.4 Å². The van der Waals surface area contributed by atoms with E-state index < -0.39 is 11.9 Å². The Bertz CT molecular complexity index is 637. The lowest BCUT2D eigenvalue weighted by molar-refractivity contribution is 0.385. The third-order valence-corrected chi connectivity index (χ3v) is 3.42. The molecule has 0 amide bonds. The van der Waals surface area contributed by atoms with Crippen LogP contribution < -0.4 is 20.7 Å². The van der Waals surface area contributed by atoms with Gasteiger partial charge in [0.25, 0.3) is 0 Å². The highest BCUT2D eigenvalue weighted by Crippen LogP contribution is 2.33. The summed E-state index contributed by atoms with van der Waals surface area (Å²) in [4.78, 5) is 0. The van der Waals surface area contributed by atoms with Crippen LogP contribution >= 0.6 is 11.6 Å². The van der Waals surface area contributed by atoms with Crippen LogP contribution in [0.1, 0.15) is 17.2 Å². The number of hydrogen-bond donors (Lipinski definition) is 2. The van der Waals surface area contributed by atoms with E-state index in [2.05, 4.69) is 5.43 Å². The molecule has 0 bridgehead atoms. The molecule has 21 heavy (non-hydrogen) atoms. The van der Waals surface area contributed by atoms with E-state index in [1.54, 1.807) is 30.3 Å². The maximum atomic E-state index is 13.9. The molecule has 6 heteroatoms. The summed E-state index contributed by atoms with van der Waals surface area (Å²) in [6.45, 7) is 0. The van der Waals surface area contributed by atoms with Gasteiger partial charge in [-0.3, -0.25) is 5.84 Å². The van der Waals surface area contributed by atoms with Crippen LogP contribution in [0.5, 0.6) is 11.5 Å². The van der Waals surface area contributed by atoms with Gasteiger partial charge in [-0.15, -0.1) is 0 Å². The van der Waals surface area contributed by atoms with Gasteiger partial charge >= 0.3 is 0 Å². The van der Waals surface area contributed by atoms with Gasteiger partial charge in [-0.25, -0.2) is 9.82 Å². The highest BCUT2D eigenvalue weighted by molar-refractivity contribution is 6.30. The van der Waals surface area contributed by atoms with Gasteiger partial charge in [-0.1, -0.05) is 23.7 Å². The van der Waals surface area contributed by atoms with Crippen molar-refractivity contribution in [2.24, 2.45) is 5.84 Å². The fourth-order valence-electron chi connectivity index (χ4n) is 2.15. The van der Waals surface area contributed by atoms with Gasteiger partial charge in [0, 0.05) is 10.6 Å². The van der Waals surface area contributed by atoms with Crippen molar-refractivity contribution in [1.29, 1.82) is 0 Å². The van der Waals surface area contributed by atoms with E-state index in [0.717, 1.165) is 5.56 Å². The minimum absolute atomic E-state index is 0.178. The Morgan fingerprint density at radius 2 is 1.81 bits per heavy atom. The number of nitrogens with one attached hydrogen (secondary N) is 1. The third kappa shape index (κ3) is 3.26. The van der Waals surface area contributed by atoms with E-state index in [-0.39, 0.29) is 5.75 Å². The second-order valence-corrected chi connectivity index (χ2v) is 4.82. The first-order chi connectivity index (χ1) is 10.1. The maximum absolute atomic E-state index is 13.9. The van der Waals surface area contributed by atoms with E-state index in [1.165, 1.54) is 20.3 Å². The molecule has 1 atom stereocenters. The normalized spacial score (nSPS) is 12.0. The summed E-state index contributed by atoms with van der Waals surface area (Å²) in [7, 11) is 2.95. The molecule has 0 radical (unpaired) electrons. The first-order valence-corrected chi connectivity index (χ1v) is 6.61. The van der Waals surface area contributed by atoms with Gasteiger partial charge in [0.15, 0.2) is 11.6 Å². The quantitative estimate of drug-likeness (QED) is 0.658. The van der Waals surface area contributed by atoms with E-state index >= 15 is 0 Å². The van der Waals surface area contributed by atoms with Crippen molar-refractivity contribution in [2.45, 2.75) is 6.04 Å². The minimum atomic E-state index is -0.455. The van der Waals surface area contributed by atoms with Gasteiger partial charge in [-0.05, 0) is 29.8 Å². The van der Waals surface area contributed by atoms with Crippen LogP contribution in [0.2, 0.25) is 5.02 Å². The van der Waals surface area contributed by atoms with Crippen molar-refractivity contribution in [3.63, 3.8) is 0 Å². The van der Waals surface area contributed by atoms with Crippen molar-refractivity contribution in [2.75, 3.05) is 14.2 Å². The first kappa shape index (κ1) is 15.6. The maximum Gasteiger partial charge on any atom is 0.165 e.